The number of nitrogens with two attached hydrogens (primary N) is 1. The molecule has 0 heterocycles. The Kier molecular flexibility index (Phi) is 3.33. The molecule has 2 aliphatic carbocycles. The lowest BCUT2D eigenvalue weighted by molar-refractivity contribution is -0.0104. The predicted octanol–water partition coefficient (Wildman–Crippen LogP) is 2.77. The van der Waals surface area contributed by atoms with Gasteiger partial charge in [0, 0.05) is 18.1 Å². The van der Waals surface area contributed by atoms with Crippen LogP contribution in [0.15, 0.2) is 0 Å². The van der Waals surface area contributed by atoms with Gasteiger partial charge in [0.25, 0.3) is 0 Å². The summed E-state index contributed by atoms with van der Waals surface area (Å²) in [5.74, 6) is 0. The minimum atomic E-state index is 0.320. The summed E-state index contributed by atoms with van der Waals surface area (Å²) in [4.78, 5) is 2.63. The summed E-state index contributed by atoms with van der Waals surface area (Å²) in [5.41, 5.74) is 6.96. The third-order valence-corrected chi connectivity index (χ3v) is 5.28. The van der Waals surface area contributed by atoms with Crippen molar-refractivity contribution in [2.75, 3.05) is 13.6 Å². The zero-order valence-corrected chi connectivity index (χ0v) is 11.3. The van der Waals surface area contributed by atoms with Gasteiger partial charge in [0.15, 0.2) is 0 Å². The van der Waals surface area contributed by atoms with Crippen LogP contribution in [0.1, 0.15) is 58.8 Å². The predicted molar refractivity (Wildman–Crippen MR) is 69.4 cm³/mol. The topological polar surface area (TPSA) is 29.3 Å². The van der Waals surface area contributed by atoms with E-state index >= 15 is 0 Å². The minimum Gasteiger partial charge on any atom is -0.329 e. The fraction of sp³-hybridized carbons (Fsp3) is 1.00. The molecule has 0 atom stereocenters. The molecule has 2 heteroatoms. The summed E-state index contributed by atoms with van der Waals surface area (Å²) in [5, 5.41) is 0. The fourth-order valence-corrected chi connectivity index (χ4v) is 3.25. The Balaban J connectivity index is 2.02. The molecule has 0 aromatic heterocycles. The Labute approximate surface area is 101 Å². The summed E-state index contributed by atoms with van der Waals surface area (Å²) < 4.78 is 0. The summed E-state index contributed by atoms with van der Waals surface area (Å²) in [6.45, 7) is 5.64. The molecule has 2 N–H and O–H groups in total. The van der Waals surface area contributed by atoms with Crippen molar-refractivity contribution < 1.29 is 0 Å². The van der Waals surface area contributed by atoms with Crippen LogP contribution < -0.4 is 5.73 Å². The van der Waals surface area contributed by atoms with Crippen molar-refractivity contribution in [1.29, 1.82) is 0 Å². The van der Waals surface area contributed by atoms with Crippen LogP contribution in [-0.2, 0) is 0 Å². The van der Waals surface area contributed by atoms with E-state index in [1.54, 1.807) is 0 Å². The highest BCUT2D eigenvalue weighted by Gasteiger charge is 2.43. The summed E-state index contributed by atoms with van der Waals surface area (Å²) >= 11 is 0. The number of hydrogen-bond acceptors (Lipinski definition) is 2. The lowest BCUT2D eigenvalue weighted by atomic mass is 9.68. The molecule has 0 unspecified atom stereocenters. The molecule has 2 saturated carbocycles. The molecule has 0 amide bonds. The van der Waals surface area contributed by atoms with Crippen LogP contribution in [0.3, 0.4) is 0 Å². The van der Waals surface area contributed by atoms with Gasteiger partial charge < -0.3 is 5.73 Å². The monoisotopic (exact) mass is 224 g/mol. The minimum absolute atomic E-state index is 0.320. The van der Waals surface area contributed by atoms with E-state index in [0.29, 0.717) is 11.0 Å². The zero-order valence-electron chi connectivity index (χ0n) is 11.3. The van der Waals surface area contributed by atoms with Gasteiger partial charge in [-0.15, -0.1) is 0 Å². The fourth-order valence-electron chi connectivity index (χ4n) is 3.25. The van der Waals surface area contributed by atoms with Crippen molar-refractivity contribution in [1.82, 2.24) is 4.90 Å². The van der Waals surface area contributed by atoms with Crippen LogP contribution in [0.5, 0.6) is 0 Å². The molecule has 2 nitrogen and oxygen atoms in total. The first kappa shape index (κ1) is 12.4. The molecule has 0 radical (unpaired) electrons. The second kappa shape index (κ2) is 4.30. The molecule has 94 valence electrons. The maximum Gasteiger partial charge on any atom is 0.0332 e. The van der Waals surface area contributed by atoms with E-state index in [2.05, 4.69) is 25.8 Å². The van der Waals surface area contributed by atoms with Gasteiger partial charge in [-0.05, 0) is 51.0 Å². The van der Waals surface area contributed by atoms with Crippen molar-refractivity contribution in [3.63, 3.8) is 0 Å². The zero-order chi connectivity index (χ0) is 11.8. The molecular weight excluding hydrogens is 196 g/mol. The Morgan fingerprint density at radius 1 is 1.12 bits per heavy atom. The van der Waals surface area contributed by atoms with Gasteiger partial charge in [0.1, 0.15) is 0 Å². The van der Waals surface area contributed by atoms with Crippen LogP contribution in [0.2, 0.25) is 0 Å². The molecule has 2 aliphatic rings. The first-order chi connectivity index (χ1) is 7.49. The summed E-state index contributed by atoms with van der Waals surface area (Å²) in [6.07, 6.45) is 9.46. The highest BCUT2D eigenvalue weighted by molar-refractivity contribution is 5.00. The first-order valence-electron chi connectivity index (χ1n) is 6.92. The quantitative estimate of drug-likeness (QED) is 0.798. The van der Waals surface area contributed by atoms with Crippen molar-refractivity contribution in [2.45, 2.75) is 70.4 Å². The Morgan fingerprint density at radius 2 is 1.69 bits per heavy atom. The van der Waals surface area contributed by atoms with Crippen LogP contribution in [-0.4, -0.2) is 30.1 Å². The van der Waals surface area contributed by atoms with Crippen LogP contribution in [0, 0.1) is 5.41 Å². The van der Waals surface area contributed by atoms with Gasteiger partial charge in [-0.25, -0.2) is 0 Å². The van der Waals surface area contributed by atoms with Gasteiger partial charge in [0.05, 0.1) is 0 Å². The van der Waals surface area contributed by atoms with Crippen molar-refractivity contribution in [2.24, 2.45) is 11.1 Å². The van der Waals surface area contributed by atoms with E-state index in [-0.39, 0.29) is 0 Å². The van der Waals surface area contributed by atoms with Gasteiger partial charge >= 0.3 is 0 Å². The molecule has 0 bridgehead atoms. The largest absolute Gasteiger partial charge is 0.329 e. The van der Waals surface area contributed by atoms with E-state index in [4.69, 9.17) is 5.73 Å². The van der Waals surface area contributed by atoms with E-state index in [1.165, 1.54) is 44.9 Å². The maximum atomic E-state index is 6.10. The summed E-state index contributed by atoms with van der Waals surface area (Å²) in [6, 6.07) is 0.824. The Hall–Kier alpha value is -0.0800. The van der Waals surface area contributed by atoms with E-state index in [1.807, 2.05) is 0 Å². The number of rotatable bonds is 3. The van der Waals surface area contributed by atoms with Crippen molar-refractivity contribution in [3.05, 3.63) is 0 Å². The third-order valence-electron chi connectivity index (χ3n) is 5.28. The lowest BCUT2D eigenvalue weighted by Gasteiger charge is -2.53. The maximum absolute atomic E-state index is 6.10. The number of nitrogens with zero attached hydrogens (tertiary/aromatic N) is 1. The molecule has 0 aromatic rings. The van der Waals surface area contributed by atoms with Gasteiger partial charge in [-0.3, -0.25) is 4.90 Å². The molecule has 2 fully saturated rings. The first-order valence-corrected chi connectivity index (χ1v) is 6.92. The van der Waals surface area contributed by atoms with E-state index < -0.39 is 0 Å². The van der Waals surface area contributed by atoms with Crippen molar-refractivity contribution >= 4 is 0 Å². The molecule has 0 aromatic carbocycles. The van der Waals surface area contributed by atoms with Crippen LogP contribution in [0.25, 0.3) is 0 Å². The average Bonchev–Trinajstić information content (AvgIpc) is 2.16. The molecule has 0 aliphatic heterocycles. The van der Waals surface area contributed by atoms with E-state index in [0.717, 1.165) is 12.6 Å². The van der Waals surface area contributed by atoms with Crippen LogP contribution >= 0.6 is 0 Å². The average molecular weight is 224 g/mol. The number of hydrogen-bond donors (Lipinski definition) is 1. The highest BCUT2D eigenvalue weighted by atomic mass is 15.2. The second-order valence-electron chi connectivity index (χ2n) is 6.79. The summed E-state index contributed by atoms with van der Waals surface area (Å²) in [7, 11) is 2.31. The smallest absolute Gasteiger partial charge is 0.0332 e. The molecule has 2 rings (SSSR count). The van der Waals surface area contributed by atoms with Gasteiger partial charge in [-0.2, -0.15) is 0 Å². The normalized spacial score (nSPS) is 29.1. The Bertz CT molecular complexity index is 233. The molecule has 0 spiro atoms. The highest BCUT2D eigenvalue weighted by Crippen LogP contribution is 2.44. The lowest BCUT2D eigenvalue weighted by Crippen LogP contribution is -2.59. The molecule has 0 saturated heterocycles. The third kappa shape index (κ3) is 2.14. The second-order valence-corrected chi connectivity index (χ2v) is 6.79. The van der Waals surface area contributed by atoms with Gasteiger partial charge in [-0.1, -0.05) is 20.3 Å². The van der Waals surface area contributed by atoms with Gasteiger partial charge in [0.2, 0.25) is 0 Å². The van der Waals surface area contributed by atoms with Crippen LogP contribution in [0.4, 0.5) is 0 Å². The SMILES string of the molecule is CN(C1CCC1)C1(CN)CCC(C)(C)CC1. The standard InChI is InChI=1S/C14H28N2/c1-13(2)7-9-14(11-15,10-8-13)16(3)12-5-4-6-12/h12H,4-11,15H2,1-3H3. The van der Waals surface area contributed by atoms with E-state index in [9.17, 15) is 0 Å². The Morgan fingerprint density at radius 3 is 2.06 bits per heavy atom. The molecule has 16 heavy (non-hydrogen) atoms. The van der Waals surface area contributed by atoms with Crippen molar-refractivity contribution in [3.8, 4) is 0 Å². The number of likely N-dealkylation sites (N-methyl/N-ethyl adjacent to an activating group) is 1. The molecular formula is C14H28N2.